The maximum Gasteiger partial charge on any atom is 0.244 e. The van der Waals surface area contributed by atoms with Crippen LogP contribution in [-0.4, -0.2) is 49.7 Å². The summed E-state index contributed by atoms with van der Waals surface area (Å²) in [4.78, 5) is 15.2. The second-order valence-corrected chi connectivity index (χ2v) is 11.3. The van der Waals surface area contributed by atoms with Crippen LogP contribution in [0.4, 0.5) is 0 Å². The molecule has 1 amide bonds. The molecule has 0 aromatic heterocycles. The lowest BCUT2D eigenvalue weighted by Gasteiger charge is -2.43. The first-order chi connectivity index (χ1) is 13.9. The SMILES string of the molecule is O=C([C@H]1CCCN(S(=O)(=O)c2cccc(Cl)c2Cl)C1)N1CC[C@H]2CCCC[C@@H]2C1. The normalized spacial score (nSPS) is 28.8. The Kier molecular flexibility index (Phi) is 6.45. The summed E-state index contributed by atoms with van der Waals surface area (Å²) >= 11 is 12.2. The molecular formula is C21H28Cl2N2O3S. The fraction of sp³-hybridized carbons (Fsp3) is 0.667. The molecule has 0 radical (unpaired) electrons. The van der Waals surface area contributed by atoms with Gasteiger partial charge in [-0.2, -0.15) is 4.31 Å². The van der Waals surface area contributed by atoms with E-state index in [-0.39, 0.29) is 33.3 Å². The van der Waals surface area contributed by atoms with Gasteiger partial charge in [-0.05, 0) is 49.7 Å². The molecule has 5 nitrogen and oxygen atoms in total. The first-order valence-electron chi connectivity index (χ1n) is 10.6. The molecule has 2 heterocycles. The van der Waals surface area contributed by atoms with Gasteiger partial charge in [0.15, 0.2) is 0 Å². The molecule has 8 heteroatoms. The summed E-state index contributed by atoms with van der Waals surface area (Å²) in [5, 5.41) is 0.259. The van der Waals surface area contributed by atoms with Crippen molar-refractivity contribution in [2.75, 3.05) is 26.2 Å². The van der Waals surface area contributed by atoms with Crippen molar-refractivity contribution < 1.29 is 13.2 Å². The lowest BCUT2D eigenvalue weighted by Crippen LogP contribution is -2.50. The van der Waals surface area contributed by atoms with Crippen molar-refractivity contribution in [3.8, 4) is 0 Å². The maximum absolute atomic E-state index is 13.2. The Morgan fingerprint density at radius 1 is 0.931 bits per heavy atom. The molecule has 4 rings (SSSR count). The molecule has 3 atom stereocenters. The molecule has 29 heavy (non-hydrogen) atoms. The number of hydrogen-bond donors (Lipinski definition) is 0. The Bertz CT molecular complexity index is 877. The van der Waals surface area contributed by atoms with E-state index in [9.17, 15) is 13.2 Å². The van der Waals surface area contributed by atoms with Gasteiger partial charge in [-0.25, -0.2) is 8.42 Å². The van der Waals surface area contributed by atoms with E-state index >= 15 is 0 Å². The van der Waals surface area contributed by atoms with E-state index in [0.29, 0.717) is 18.9 Å². The molecule has 160 valence electrons. The van der Waals surface area contributed by atoms with Crippen LogP contribution in [-0.2, 0) is 14.8 Å². The van der Waals surface area contributed by atoms with Crippen LogP contribution in [0.5, 0.6) is 0 Å². The molecule has 2 aliphatic heterocycles. The molecule has 3 aliphatic rings. The second kappa shape index (κ2) is 8.74. The average Bonchev–Trinajstić information content (AvgIpc) is 2.74. The zero-order chi connectivity index (χ0) is 20.6. The number of rotatable bonds is 3. The van der Waals surface area contributed by atoms with Crippen LogP contribution < -0.4 is 0 Å². The van der Waals surface area contributed by atoms with Crippen molar-refractivity contribution in [2.24, 2.45) is 17.8 Å². The number of piperidine rings is 2. The van der Waals surface area contributed by atoms with Gasteiger partial charge in [-0.15, -0.1) is 0 Å². The number of amides is 1. The number of halogens is 2. The third kappa shape index (κ3) is 4.32. The van der Waals surface area contributed by atoms with Crippen molar-refractivity contribution in [3.63, 3.8) is 0 Å². The third-order valence-corrected chi connectivity index (χ3v) is 9.71. The first-order valence-corrected chi connectivity index (χ1v) is 12.8. The van der Waals surface area contributed by atoms with Gasteiger partial charge in [-0.1, -0.05) is 48.5 Å². The summed E-state index contributed by atoms with van der Waals surface area (Å²) in [7, 11) is -3.79. The Morgan fingerprint density at radius 3 is 2.48 bits per heavy atom. The fourth-order valence-electron chi connectivity index (χ4n) is 5.24. The Balaban J connectivity index is 1.46. The van der Waals surface area contributed by atoms with Gasteiger partial charge < -0.3 is 4.90 Å². The summed E-state index contributed by atoms with van der Waals surface area (Å²) in [6.07, 6.45) is 7.58. The minimum Gasteiger partial charge on any atom is -0.342 e. The number of likely N-dealkylation sites (tertiary alicyclic amines) is 1. The lowest BCUT2D eigenvalue weighted by atomic mass is 9.75. The van der Waals surface area contributed by atoms with Gasteiger partial charge in [0.2, 0.25) is 15.9 Å². The molecule has 2 saturated heterocycles. The Morgan fingerprint density at radius 2 is 1.69 bits per heavy atom. The molecule has 1 aromatic rings. The van der Waals surface area contributed by atoms with Crippen LogP contribution in [0.1, 0.15) is 44.9 Å². The van der Waals surface area contributed by atoms with E-state index in [2.05, 4.69) is 0 Å². The summed E-state index contributed by atoms with van der Waals surface area (Å²) in [5.41, 5.74) is 0. The smallest absolute Gasteiger partial charge is 0.244 e. The Labute approximate surface area is 183 Å². The zero-order valence-electron chi connectivity index (χ0n) is 16.5. The van der Waals surface area contributed by atoms with Crippen molar-refractivity contribution in [3.05, 3.63) is 28.2 Å². The van der Waals surface area contributed by atoms with Crippen LogP contribution in [0, 0.1) is 17.8 Å². The highest BCUT2D eigenvalue weighted by atomic mass is 35.5. The number of carbonyl (C=O) groups is 1. The molecular weight excluding hydrogens is 431 g/mol. The highest BCUT2D eigenvalue weighted by Gasteiger charge is 2.39. The second-order valence-electron chi connectivity index (χ2n) is 8.63. The van der Waals surface area contributed by atoms with E-state index in [4.69, 9.17) is 23.2 Å². The van der Waals surface area contributed by atoms with Crippen LogP contribution >= 0.6 is 23.2 Å². The largest absolute Gasteiger partial charge is 0.342 e. The summed E-state index contributed by atoms with van der Waals surface area (Å²) in [5.74, 6) is 1.22. The van der Waals surface area contributed by atoms with E-state index in [1.807, 2.05) is 4.90 Å². The standard InChI is InChI=1S/C21H28Cl2N2O3S/c22-18-8-3-9-19(20(18)23)29(27,28)25-11-4-7-17(14-25)21(26)24-12-10-15-5-1-2-6-16(15)13-24/h3,8-9,15-17H,1-2,4-7,10-14H2/t15-,16-,17+/m1/s1. The minimum atomic E-state index is -3.79. The number of nitrogens with zero attached hydrogens (tertiary/aromatic N) is 2. The summed E-state index contributed by atoms with van der Waals surface area (Å²) in [6, 6.07) is 4.63. The Hall–Kier alpha value is -0.820. The number of benzene rings is 1. The van der Waals surface area contributed by atoms with Crippen LogP contribution in [0.3, 0.4) is 0 Å². The van der Waals surface area contributed by atoms with Crippen molar-refractivity contribution in [1.29, 1.82) is 0 Å². The van der Waals surface area contributed by atoms with Crippen LogP contribution in [0.25, 0.3) is 0 Å². The van der Waals surface area contributed by atoms with E-state index in [1.165, 1.54) is 36.1 Å². The number of hydrogen-bond acceptors (Lipinski definition) is 3. The van der Waals surface area contributed by atoms with Gasteiger partial charge in [0.1, 0.15) is 4.90 Å². The van der Waals surface area contributed by atoms with Crippen molar-refractivity contribution >= 4 is 39.1 Å². The fourth-order valence-corrected chi connectivity index (χ4v) is 7.50. The van der Waals surface area contributed by atoms with Gasteiger partial charge in [0.05, 0.1) is 16.0 Å². The quantitative estimate of drug-likeness (QED) is 0.672. The average molecular weight is 459 g/mol. The van der Waals surface area contributed by atoms with Crippen molar-refractivity contribution in [1.82, 2.24) is 9.21 Å². The maximum atomic E-state index is 13.2. The van der Waals surface area contributed by atoms with Crippen LogP contribution in [0.15, 0.2) is 23.1 Å². The summed E-state index contributed by atoms with van der Waals surface area (Å²) < 4.78 is 27.7. The minimum absolute atomic E-state index is 0.0165. The third-order valence-electron chi connectivity index (χ3n) is 6.87. The van der Waals surface area contributed by atoms with Gasteiger partial charge in [0, 0.05) is 26.2 Å². The van der Waals surface area contributed by atoms with E-state index in [1.54, 1.807) is 12.1 Å². The predicted octanol–water partition coefficient (Wildman–Crippen LogP) is 4.43. The highest BCUT2D eigenvalue weighted by Crippen LogP contribution is 2.37. The van der Waals surface area contributed by atoms with Crippen LogP contribution in [0.2, 0.25) is 10.0 Å². The van der Waals surface area contributed by atoms with Gasteiger partial charge >= 0.3 is 0 Å². The molecule has 0 unspecified atom stereocenters. The molecule has 0 bridgehead atoms. The molecule has 1 saturated carbocycles. The molecule has 0 spiro atoms. The summed E-state index contributed by atoms with van der Waals surface area (Å²) in [6.45, 7) is 2.27. The van der Waals surface area contributed by atoms with Gasteiger partial charge in [-0.3, -0.25) is 4.79 Å². The first kappa shape index (κ1) is 21.4. The predicted molar refractivity (Wildman–Crippen MR) is 115 cm³/mol. The van der Waals surface area contributed by atoms with E-state index in [0.717, 1.165) is 31.8 Å². The number of carbonyl (C=O) groups excluding carboxylic acids is 1. The molecule has 1 aromatic carbocycles. The highest BCUT2D eigenvalue weighted by molar-refractivity contribution is 7.89. The molecule has 1 aliphatic carbocycles. The topological polar surface area (TPSA) is 57.7 Å². The molecule has 0 N–H and O–H groups in total. The van der Waals surface area contributed by atoms with Gasteiger partial charge in [0.25, 0.3) is 0 Å². The molecule has 3 fully saturated rings. The zero-order valence-corrected chi connectivity index (χ0v) is 18.9. The van der Waals surface area contributed by atoms with E-state index < -0.39 is 10.0 Å². The number of sulfonamides is 1. The number of fused-ring (bicyclic) bond motifs is 1. The lowest BCUT2D eigenvalue weighted by molar-refractivity contribution is -0.139. The van der Waals surface area contributed by atoms with Crippen molar-refractivity contribution in [2.45, 2.75) is 49.8 Å². The monoisotopic (exact) mass is 458 g/mol.